The fourth-order valence-electron chi connectivity index (χ4n) is 1.69. The van der Waals surface area contributed by atoms with Crippen molar-refractivity contribution in [2.45, 2.75) is 12.8 Å². The SMILES string of the molecule is O=C(CCCOc1cc([N+](=O)[O-])ccc1Br)c1cccs1. The molecule has 1 heterocycles. The van der Waals surface area contributed by atoms with Crippen molar-refractivity contribution >= 4 is 38.7 Å². The van der Waals surface area contributed by atoms with Gasteiger partial charge in [-0.25, -0.2) is 0 Å². The van der Waals surface area contributed by atoms with Crippen LogP contribution in [0, 0.1) is 10.1 Å². The number of halogens is 1. The molecule has 0 atom stereocenters. The van der Waals surface area contributed by atoms with Crippen LogP contribution in [0.2, 0.25) is 0 Å². The predicted molar refractivity (Wildman–Crippen MR) is 84.2 cm³/mol. The molecule has 0 aliphatic heterocycles. The minimum Gasteiger partial charge on any atom is -0.492 e. The number of hydrogen-bond donors (Lipinski definition) is 0. The molecule has 0 N–H and O–H groups in total. The number of ether oxygens (including phenoxy) is 1. The summed E-state index contributed by atoms with van der Waals surface area (Å²) in [6, 6.07) is 7.98. The van der Waals surface area contributed by atoms with E-state index >= 15 is 0 Å². The lowest BCUT2D eigenvalue weighted by Crippen LogP contribution is -2.03. The van der Waals surface area contributed by atoms with Crippen LogP contribution in [0.5, 0.6) is 5.75 Å². The molecule has 1 aromatic heterocycles. The van der Waals surface area contributed by atoms with Crippen molar-refractivity contribution in [3.05, 3.63) is 55.2 Å². The van der Waals surface area contributed by atoms with Gasteiger partial charge in [0.15, 0.2) is 5.78 Å². The topological polar surface area (TPSA) is 69.4 Å². The van der Waals surface area contributed by atoms with Crippen LogP contribution in [0.15, 0.2) is 40.2 Å². The van der Waals surface area contributed by atoms with Gasteiger partial charge in [0.25, 0.3) is 5.69 Å². The van der Waals surface area contributed by atoms with E-state index < -0.39 is 4.92 Å². The summed E-state index contributed by atoms with van der Waals surface area (Å²) in [5, 5.41) is 12.6. The molecule has 0 fully saturated rings. The second-order valence-corrected chi connectivity index (χ2v) is 6.03. The third-order valence-corrected chi connectivity index (χ3v) is 4.29. The first-order valence-corrected chi connectivity index (χ1v) is 7.88. The maximum Gasteiger partial charge on any atom is 0.273 e. The van der Waals surface area contributed by atoms with Gasteiger partial charge in [-0.1, -0.05) is 6.07 Å². The van der Waals surface area contributed by atoms with Gasteiger partial charge >= 0.3 is 0 Å². The molecule has 110 valence electrons. The van der Waals surface area contributed by atoms with Gasteiger partial charge in [0.2, 0.25) is 0 Å². The smallest absolute Gasteiger partial charge is 0.273 e. The Balaban J connectivity index is 1.85. The van der Waals surface area contributed by atoms with Crippen LogP contribution in [-0.2, 0) is 0 Å². The molecular formula is C14H12BrNO4S. The molecule has 0 aliphatic carbocycles. The molecule has 2 rings (SSSR count). The predicted octanol–water partition coefficient (Wildman–Crippen LogP) is 4.46. The number of carbonyl (C=O) groups is 1. The molecule has 0 unspecified atom stereocenters. The molecule has 7 heteroatoms. The number of nitro benzene ring substituents is 1. The second kappa shape index (κ2) is 7.33. The number of thiophene rings is 1. The Morgan fingerprint density at radius 1 is 1.38 bits per heavy atom. The lowest BCUT2D eigenvalue weighted by molar-refractivity contribution is -0.385. The quantitative estimate of drug-likeness (QED) is 0.312. The van der Waals surface area contributed by atoms with E-state index in [-0.39, 0.29) is 11.5 Å². The number of rotatable bonds is 7. The Kier molecular flexibility index (Phi) is 5.46. The van der Waals surface area contributed by atoms with Crippen molar-refractivity contribution in [2.75, 3.05) is 6.61 Å². The van der Waals surface area contributed by atoms with Crippen molar-refractivity contribution in [1.29, 1.82) is 0 Å². The average Bonchev–Trinajstić information content (AvgIpc) is 2.99. The summed E-state index contributed by atoms with van der Waals surface area (Å²) in [5.41, 5.74) is -0.0251. The van der Waals surface area contributed by atoms with Crippen LogP contribution in [-0.4, -0.2) is 17.3 Å². The number of non-ortho nitro benzene ring substituents is 1. The minimum atomic E-state index is -0.473. The maximum atomic E-state index is 11.8. The zero-order valence-corrected chi connectivity index (χ0v) is 13.4. The Bertz CT molecular complexity index is 642. The van der Waals surface area contributed by atoms with Crippen molar-refractivity contribution in [3.8, 4) is 5.75 Å². The minimum absolute atomic E-state index is 0.0251. The number of ketones is 1. The lowest BCUT2D eigenvalue weighted by Gasteiger charge is -2.07. The van der Waals surface area contributed by atoms with Gasteiger partial charge < -0.3 is 4.74 Å². The van der Waals surface area contributed by atoms with Crippen molar-refractivity contribution < 1.29 is 14.5 Å². The van der Waals surface area contributed by atoms with Crippen molar-refractivity contribution in [3.63, 3.8) is 0 Å². The number of hydrogen-bond acceptors (Lipinski definition) is 5. The molecule has 21 heavy (non-hydrogen) atoms. The molecule has 0 saturated heterocycles. The highest BCUT2D eigenvalue weighted by atomic mass is 79.9. The van der Waals surface area contributed by atoms with Crippen LogP contribution in [0.4, 0.5) is 5.69 Å². The standard InChI is InChI=1S/C14H12BrNO4S/c15-11-6-5-10(16(18)19)9-13(11)20-7-1-3-12(17)14-4-2-8-21-14/h2,4-6,8-9H,1,3,7H2. The normalized spacial score (nSPS) is 10.3. The molecule has 0 saturated carbocycles. The highest BCUT2D eigenvalue weighted by Crippen LogP contribution is 2.29. The summed E-state index contributed by atoms with van der Waals surface area (Å²) >= 11 is 4.70. The van der Waals surface area contributed by atoms with E-state index in [1.54, 1.807) is 12.1 Å². The molecular weight excluding hydrogens is 358 g/mol. The molecule has 0 aliphatic rings. The number of carbonyl (C=O) groups excluding carboxylic acids is 1. The van der Waals surface area contributed by atoms with Gasteiger partial charge in [0, 0.05) is 12.5 Å². The Morgan fingerprint density at radius 2 is 2.19 bits per heavy atom. The second-order valence-electron chi connectivity index (χ2n) is 4.22. The summed E-state index contributed by atoms with van der Waals surface area (Å²) in [5.74, 6) is 0.500. The van der Waals surface area contributed by atoms with Crippen LogP contribution in [0.3, 0.4) is 0 Å². The molecule has 0 bridgehead atoms. The Morgan fingerprint density at radius 3 is 2.86 bits per heavy atom. The first-order chi connectivity index (χ1) is 10.1. The van der Waals surface area contributed by atoms with E-state index in [1.165, 1.54) is 23.5 Å². The number of nitro groups is 1. The third-order valence-electron chi connectivity index (χ3n) is 2.73. The fourth-order valence-corrected chi connectivity index (χ4v) is 2.75. The van der Waals surface area contributed by atoms with E-state index in [2.05, 4.69) is 15.9 Å². The zero-order chi connectivity index (χ0) is 15.2. The largest absolute Gasteiger partial charge is 0.492 e. The molecule has 0 radical (unpaired) electrons. The lowest BCUT2D eigenvalue weighted by atomic mass is 10.2. The maximum absolute atomic E-state index is 11.8. The monoisotopic (exact) mass is 369 g/mol. The Hall–Kier alpha value is -1.73. The molecule has 0 spiro atoms. The summed E-state index contributed by atoms with van der Waals surface area (Å²) in [4.78, 5) is 22.8. The van der Waals surface area contributed by atoms with E-state index in [9.17, 15) is 14.9 Å². The average molecular weight is 370 g/mol. The van der Waals surface area contributed by atoms with Crippen LogP contribution < -0.4 is 4.74 Å². The molecule has 2 aromatic rings. The highest BCUT2D eigenvalue weighted by Gasteiger charge is 2.11. The van der Waals surface area contributed by atoms with Crippen LogP contribution in [0.25, 0.3) is 0 Å². The van der Waals surface area contributed by atoms with E-state index in [0.717, 1.165) is 4.88 Å². The van der Waals surface area contributed by atoms with Crippen LogP contribution in [0.1, 0.15) is 22.5 Å². The van der Waals surface area contributed by atoms with Gasteiger partial charge in [-0.15, -0.1) is 11.3 Å². The van der Waals surface area contributed by atoms with Gasteiger partial charge in [-0.05, 0) is 39.9 Å². The van der Waals surface area contributed by atoms with Gasteiger partial charge in [0.1, 0.15) is 5.75 Å². The zero-order valence-electron chi connectivity index (χ0n) is 11.0. The summed E-state index contributed by atoms with van der Waals surface area (Å²) in [7, 11) is 0. The summed E-state index contributed by atoms with van der Waals surface area (Å²) in [6.45, 7) is 0.330. The number of Topliss-reactive ketones (excluding diaryl/α,β-unsaturated/α-hetero) is 1. The third kappa shape index (κ3) is 4.37. The van der Waals surface area contributed by atoms with Crippen LogP contribution >= 0.6 is 27.3 Å². The van der Waals surface area contributed by atoms with Gasteiger partial charge in [0.05, 0.1) is 26.9 Å². The highest BCUT2D eigenvalue weighted by molar-refractivity contribution is 9.10. The fraction of sp³-hybridized carbons (Fsp3) is 0.214. The molecule has 1 aromatic carbocycles. The Labute approximate surface area is 133 Å². The first kappa shape index (κ1) is 15.7. The van der Waals surface area contributed by atoms with Crippen molar-refractivity contribution in [1.82, 2.24) is 0 Å². The number of benzene rings is 1. The number of nitrogens with zero attached hydrogens (tertiary/aromatic N) is 1. The van der Waals surface area contributed by atoms with E-state index in [4.69, 9.17) is 4.74 Å². The summed E-state index contributed by atoms with van der Waals surface area (Å²) in [6.07, 6.45) is 0.957. The molecule has 5 nitrogen and oxygen atoms in total. The van der Waals surface area contributed by atoms with Crippen molar-refractivity contribution in [2.24, 2.45) is 0 Å². The first-order valence-electron chi connectivity index (χ1n) is 6.21. The van der Waals surface area contributed by atoms with Gasteiger partial charge in [-0.2, -0.15) is 0 Å². The molecule has 0 amide bonds. The summed E-state index contributed by atoms with van der Waals surface area (Å²) < 4.78 is 6.15. The van der Waals surface area contributed by atoms with E-state index in [1.807, 2.05) is 11.4 Å². The van der Waals surface area contributed by atoms with Gasteiger partial charge in [-0.3, -0.25) is 14.9 Å². The van der Waals surface area contributed by atoms with E-state index in [0.29, 0.717) is 29.7 Å².